The SMILES string of the molecule is Cc1cn(-c2ccc(F)c(C)c2)c(NC2CCCCC2)n1. The van der Waals surface area contributed by atoms with Gasteiger partial charge in [0.15, 0.2) is 0 Å². The second kappa shape index (κ2) is 5.88. The summed E-state index contributed by atoms with van der Waals surface area (Å²) in [6.07, 6.45) is 8.31. The summed E-state index contributed by atoms with van der Waals surface area (Å²) in [5.74, 6) is 0.697. The molecule has 0 aliphatic heterocycles. The van der Waals surface area contributed by atoms with Gasteiger partial charge in [0.1, 0.15) is 5.82 Å². The number of hydrogen-bond donors (Lipinski definition) is 1. The van der Waals surface area contributed by atoms with E-state index in [-0.39, 0.29) is 5.82 Å². The number of nitrogens with one attached hydrogen (secondary N) is 1. The second-order valence-corrected chi connectivity index (χ2v) is 5.99. The Morgan fingerprint density at radius 2 is 1.95 bits per heavy atom. The Labute approximate surface area is 125 Å². The molecule has 1 saturated carbocycles. The molecule has 2 aromatic rings. The van der Waals surface area contributed by atoms with Crippen molar-refractivity contribution in [2.45, 2.75) is 52.0 Å². The van der Waals surface area contributed by atoms with Crippen molar-refractivity contribution in [3.63, 3.8) is 0 Å². The number of imidazole rings is 1. The first kappa shape index (κ1) is 14.1. The van der Waals surface area contributed by atoms with Crippen molar-refractivity contribution in [1.29, 1.82) is 0 Å². The highest BCUT2D eigenvalue weighted by atomic mass is 19.1. The number of hydrogen-bond acceptors (Lipinski definition) is 2. The molecular formula is C17H22FN3. The van der Waals surface area contributed by atoms with Crippen molar-refractivity contribution < 1.29 is 4.39 Å². The molecule has 1 aliphatic carbocycles. The van der Waals surface area contributed by atoms with Gasteiger partial charge in [-0.1, -0.05) is 19.3 Å². The minimum Gasteiger partial charge on any atom is -0.353 e. The van der Waals surface area contributed by atoms with Crippen LogP contribution in [0.25, 0.3) is 5.69 Å². The van der Waals surface area contributed by atoms with Crippen LogP contribution in [0.3, 0.4) is 0 Å². The predicted molar refractivity (Wildman–Crippen MR) is 83.5 cm³/mol. The fraction of sp³-hybridized carbons (Fsp3) is 0.471. The summed E-state index contributed by atoms with van der Waals surface area (Å²) in [5, 5.41) is 3.56. The highest BCUT2D eigenvalue weighted by Crippen LogP contribution is 2.24. The molecule has 21 heavy (non-hydrogen) atoms. The second-order valence-electron chi connectivity index (χ2n) is 5.99. The quantitative estimate of drug-likeness (QED) is 0.908. The molecule has 112 valence electrons. The summed E-state index contributed by atoms with van der Waals surface area (Å²) in [4.78, 5) is 4.59. The average molecular weight is 287 g/mol. The first-order valence-corrected chi connectivity index (χ1v) is 7.72. The molecule has 1 heterocycles. The van der Waals surface area contributed by atoms with E-state index >= 15 is 0 Å². The summed E-state index contributed by atoms with van der Waals surface area (Å²) in [6, 6.07) is 5.68. The first-order chi connectivity index (χ1) is 10.1. The smallest absolute Gasteiger partial charge is 0.207 e. The summed E-state index contributed by atoms with van der Waals surface area (Å²) in [7, 11) is 0. The van der Waals surface area contributed by atoms with Crippen LogP contribution in [0.15, 0.2) is 24.4 Å². The Bertz CT molecular complexity index is 627. The van der Waals surface area contributed by atoms with Gasteiger partial charge in [-0.2, -0.15) is 0 Å². The summed E-state index contributed by atoms with van der Waals surface area (Å²) in [6.45, 7) is 3.77. The molecule has 3 rings (SSSR count). The van der Waals surface area contributed by atoms with Crippen molar-refractivity contribution in [2.24, 2.45) is 0 Å². The Morgan fingerprint density at radius 1 is 1.19 bits per heavy atom. The lowest BCUT2D eigenvalue weighted by Crippen LogP contribution is -2.24. The molecule has 1 fully saturated rings. The summed E-state index contributed by atoms with van der Waals surface area (Å²) < 4.78 is 15.5. The lowest BCUT2D eigenvalue weighted by molar-refractivity contribution is 0.460. The number of rotatable bonds is 3. The molecule has 4 heteroatoms. The van der Waals surface area contributed by atoms with E-state index in [0.29, 0.717) is 11.6 Å². The minimum absolute atomic E-state index is 0.169. The van der Waals surface area contributed by atoms with E-state index in [1.54, 1.807) is 13.0 Å². The zero-order valence-corrected chi connectivity index (χ0v) is 12.7. The van der Waals surface area contributed by atoms with Crippen molar-refractivity contribution >= 4 is 5.95 Å². The van der Waals surface area contributed by atoms with E-state index in [4.69, 9.17) is 0 Å². The van der Waals surface area contributed by atoms with Gasteiger partial charge in [0.2, 0.25) is 5.95 Å². The third-order valence-electron chi connectivity index (χ3n) is 4.18. The van der Waals surface area contributed by atoms with Crippen LogP contribution >= 0.6 is 0 Å². The molecule has 0 amide bonds. The standard InChI is InChI=1S/C17H22FN3/c1-12-10-15(8-9-16(12)18)21-11-13(2)19-17(21)20-14-6-4-3-5-7-14/h8-11,14H,3-7H2,1-2H3,(H,19,20). The van der Waals surface area contributed by atoms with E-state index in [0.717, 1.165) is 17.3 Å². The molecule has 0 spiro atoms. The van der Waals surface area contributed by atoms with Gasteiger partial charge in [-0.25, -0.2) is 9.37 Å². The zero-order chi connectivity index (χ0) is 14.8. The third-order valence-corrected chi connectivity index (χ3v) is 4.18. The van der Waals surface area contributed by atoms with Gasteiger partial charge >= 0.3 is 0 Å². The highest BCUT2D eigenvalue weighted by molar-refractivity contribution is 5.45. The lowest BCUT2D eigenvalue weighted by Gasteiger charge is -2.23. The Kier molecular flexibility index (Phi) is 3.95. The van der Waals surface area contributed by atoms with E-state index in [2.05, 4.69) is 10.3 Å². The van der Waals surface area contributed by atoms with Crippen LogP contribution in [-0.2, 0) is 0 Å². The molecule has 0 unspecified atom stereocenters. The van der Waals surface area contributed by atoms with E-state index < -0.39 is 0 Å². The van der Waals surface area contributed by atoms with Gasteiger partial charge in [0.25, 0.3) is 0 Å². The fourth-order valence-electron chi connectivity index (χ4n) is 3.00. The number of nitrogens with zero attached hydrogens (tertiary/aromatic N) is 2. The van der Waals surface area contributed by atoms with Crippen LogP contribution < -0.4 is 5.32 Å². The molecule has 3 nitrogen and oxygen atoms in total. The molecule has 0 bridgehead atoms. The summed E-state index contributed by atoms with van der Waals surface area (Å²) >= 11 is 0. The Hall–Kier alpha value is -1.84. The van der Waals surface area contributed by atoms with Crippen LogP contribution in [0.2, 0.25) is 0 Å². The predicted octanol–water partition coefficient (Wildman–Crippen LogP) is 4.37. The van der Waals surface area contributed by atoms with Gasteiger partial charge < -0.3 is 5.32 Å². The number of halogens is 1. The van der Waals surface area contributed by atoms with Crippen LogP contribution in [0.4, 0.5) is 10.3 Å². The van der Waals surface area contributed by atoms with Crippen molar-refractivity contribution in [3.05, 3.63) is 41.5 Å². The van der Waals surface area contributed by atoms with E-state index in [1.807, 2.05) is 23.8 Å². The molecule has 1 aliphatic rings. The highest BCUT2D eigenvalue weighted by Gasteiger charge is 2.16. The third kappa shape index (κ3) is 3.09. The monoisotopic (exact) mass is 287 g/mol. The molecule has 1 N–H and O–H groups in total. The number of benzene rings is 1. The number of aryl methyl sites for hydroxylation is 2. The zero-order valence-electron chi connectivity index (χ0n) is 12.7. The minimum atomic E-state index is -0.169. The lowest BCUT2D eigenvalue weighted by atomic mass is 9.96. The first-order valence-electron chi connectivity index (χ1n) is 7.72. The molecule has 0 saturated heterocycles. The van der Waals surface area contributed by atoms with Gasteiger partial charge in [0.05, 0.1) is 5.69 Å². The van der Waals surface area contributed by atoms with Crippen molar-refractivity contribution in [1.82, 2.24) is 9.55 Å². The average Bonchev–Trinajstić information content (AvgIpc) is 2.84. The Morgan fingerprint density at radius 3 is 2.67 bits per heavy atom. The molecule has 1 aromatic heterocycles. The van der Waals surface area contributed by atoms with Crippen LogP contribution in [0.5, 0.6) is 0 Å². The topological polar surface area (TPSA) is 29.9 Å². The summed E-state index contributed by atoms with van der Waals surface area (Å²) in [5.41, 5.74) is 2.57. The van der Waals surface area contributed by atoms with Gasteiger partial charge in [-0.15, -0.1) is 0 Å². The molecule has 0 atom stereocenters. The Balaban J connectivity index is 1.89. The van der Waals surface area contributed by atoms with Crippen LogP contribution in [0, 0.1) is 19.7 Å². The molecule has 0 radical (unpaired) electrons. The van der Waals surface area contributed by atoms with Crippen LogP contribution in [0.1, 0.15) is 43.4 Å². The molecule has 1 aromatic carbocycles. The van der Waals surface area contributed by atoms with Gasteiger partial charge in [0, 0.05) is 17.9 Å². The normalized spacial score (nSPS) is 16.1. The van der Waals surface area contributed by atoms with E-state index in [1.165, 1.54) is 38.2 Å². The van der Waals surface area contributed by atoms with Gasteiger partial charge in [-0.3, -0.25) is 4.57 Å². The fourth-order valence-corrected chi connectivity index (χ4v) is 3.00. The maximum Gasteiger partial charge on any atom is 0.207 e. The maximum absolute atomic E-state index is 13.5. The maximum atomic E-state index is 13.5. The van der Waals surface area contributed by atoms with Crippen LogP contribution in [-0.4, -0.2) is 15.6 Å². The van der Waals surface area contributed by atoms with E-state index in [9.17, 15) is 4.39 Å². The molecular weight excluding hydrogens is 265 g/mol. The van der Waals surface area contributed by atoms with Crippen molar-refractivity contribution in [2.75, 3.05) is 5.32 Å². The number of anilines is 1. The number of aromatic nitrogens is 2. The van der Waals surface area contributed by atoms with Gasteiger partial charge in [-0.05, 0) is 50.5 Å². The van der Waals surface area contributed by atoms with Crippen molar-refractivity contribution in [3.8, 4) is 5.69 Å². The largest absolute Gasteiger partial charge is 0.353 e.